The van der Waals surface area contributed by atoms with Gasteiger partial charge in [0.1, 0.15) is 11.5 Å². The van der Waals surface area contributed by atoms with E-state index in [9.17, 15) is 9.59 Å². The number of ether oxygens (including phenoxy) is 2. The van der Waals surface area contributed by atoms with Gasteiger partial charge in [0.25, 0.3) is 0 Å². The number of fused-ring (bicyclic) bond motifs is 2. The van der Waals surface area contributed by atoms with Gasteiger partial charge in [0.15, 0.2) is 0 Å². The molecule has 0 N–H and O–H groups in total. The quantitative estimate of drug-likeness (QED) is 0.409. The minimum absolute atomic E-state index is 0.394. The van der Waals surface area contributed by atoms with E-state index in [0.717, 1.165) is 21.5 Å². The molecule has 0 saturated heterocycles. The van der Waals surface area contributed by atoms with E-state index in [0.29, 0.717) is 11.5 Å². The Hall–Kier alpha value is -2.88. The highest BCUT2D eigenvalue weighted by Crippen LogP contribution is 2.36. The van der Waals surface area contributed by atoms with Crippen LogP contribution in [0.3, 0.4) is 0 Å². The Balaban J connectivity index is 2.32. The van der Waals surface area contributed by atoms with E-state index in [2.05, 4.69) is 0 Å². The van der Waals surface area contributed by atoms with E-state index in [1.807, 2.05) is 36.4 Å². The van der Waals surface area contributed by atoms with Crippen molar-refractivity contribution >= 4 is 33.5 Å². The average Bonchev–Trinajstić information content (AvgIpc) is 2.47. The summed E-state index contributed by atoms with van der Waals surface area (Å²) >= 11 is 0. The standard InChI is InChI=1S/C18H14O4/c1-11(19)21-17-7-8-18(22-12(2)20)16-10-14-6-4-3-5-13(14)9-15(16)17/h3-10H,1-2H3. The number of carbonyl (C=O) groups excluding carboxylic acids is 2. The average molecular weight is 294 g/mol. The van der Waals surface area contributed by atoms with Gasteiger partial charge in [-0.3, -0.25) is 9.59 Å². The van der Waals surface area contributed by atoms with Crippen molar-refractivity contribution in [2.24, 2.45) is 0 Å². The first-order valence-electron chi connectivity index (χ1n) is 6.87. The molecule has 110 valence electrons. The summed E-state index contributed by atoms with van der Waals surface area (Å²) < 4.78 is 10.5. The number of esters is 2. The van der Waals surface area contributed by atoms with E-state index < -0.39 is 11.9 Å². The van der Waals surface area contributed by atoms with E-state index in [-0.39, 0.29) is 0 Å². The Morgan fingerprint density at radius 3 is 1.50 bits per heavy atom. The highest BCUT2D eigenvalue weighted by Gasteiger charge is 2.12. The smallest absolute Gasteiger partial charge is 0.308 e. The zero-order valence-electron chi connectivity index (χ0n) is 12.3. The number of benzene rings is 3. The van der Waals surface area contributed by atoms with Gasteiger partial charge in [0.05, 0.1) is 0 Å². The molecule has 0 unspecified atom stereocenters. The van der Waals surface area contributed by atoms with E-state index in [1.54, 1.807) is 12.1 Å². The van der Waals surface area contributed by atoms with Crippen LogP contribution in [0.25, 0.3) is 21.5 Å². The van der Waals surface area contributed by atoms with Gasteiger partial charge < -0.3 is 9.47 Å². The lowest BCUT2D eigenvalue weighted by atomic mass is 10.0. The fourth-order valence-corrected chi connectivity index (χ4v) is 2.47. The normalized spacial score (nSPS) is 10.6. The minimum Gasteiger partial charge on any atom is -0.426 e. The van der Waals surface area contributed by atoms with Crippen molar-refractivity contribution in [3.8, 4) is 11.5 Å². The molecule has 3 aromatic carbocycles. The van der Waals surface area contributed by atoms with E-state index in [4.69, 9.17) is 9.47 Å². The Kier molecular flexibility index (Phi) is 3.51. The molecule has 3 rings (SSSR count). The number of hydrogen-bond acceptors (Lipinski definition) is 4. The topological polar surface area (TPSA) is 52.6 Å². The summed E-state index contributed by atoms with van der Waals surface area (Å²) in [5.74, 6) is 0.109. The lowest BCUT2D eigenvalue weighted by Crippen LogP contribution is -2.04. The maximum atomic E-state index is 11.3. The summed E-state index contributed by atoms with van der Waals surface area (Å²) in [5.41, 5.74) is 0. The van der Waals surface area contributed by atoms with Crippen molar-refractivity contribution in [2.45, 2.75) is 13.8 Å². The van der Waals surface area contributed by atoms with Crippen LogP contribution < -0.4 is 9.47 Å². The Bertz CT molecular complexity index is 822. The summed E-state index contributed by atoms with van der Waals surface area (Å²) in [6.45, 7) is 2.71. The van der Waals surface area contributed by atoms with Crippen LogP contribution in [0.2, 0.25) is 0 Å². The second kappa shape index (κ2) is 5.48. The van der Waals surface area contributed by atoms with Gasteiger partial charge in [-0.1, -0.05) is 24.3 Å². The fraction of sp³-hybridized carbons (Fsp3) is 0.111. The zero-order chi connectivity index (χ0) is 15.7. The summed E-state index contributed by atoms with van der Waals surface area (Å²) in [4.78, 5) is 22.6. The van der Waals surface area contributed by atoms with Gasteiger partial charge >= 0.3 is 11.9 Å². The van der Waals surface area contributed by atoms with Gasteiger partial charge in [0.2, 0.25) is 0 Å². The van der Waals surface area contributed by atoms with Crippen LogP contribution >= 0.6 is 0 Å². The molecule has 0 aliphatic rings. The highest BCUT2D eigenvalue weighted by atomic mass is 16.5. The van der Waals surface area contributed by atoms with Crippen LogP contribution in [-0.2, 0) is 9.59 Å². The third kappa shape index (κ3) is 2.63. The zero-order valence-corrected chi connectivity index (χ0v) is 12.3. The van der Waals surface area contributed by atoms with Crippen molar-refractivity contribution in [1.29, 1.82) is 0 Å². The fourth-order valence-electron chi connectivity index (χ4n) is 2.47. The molecule has 4 nitrogen and oxygen atoms in total. The minimum atomic E-state index is -0.394. The SMILES string of the molecule is CC(=O)Oc1ccc(OC(C)=O)c2cc3ccccc3cc12. The molecule has 0 radical (unpaired) electrons. The molecule has 0 aliphatic carbocycles. The van der Waals surface area contributed by atoms with Gasteiger partial charge in [-0.15, -0.1) is 0 Å². The Morgan fingerprint density at radius 2 is 1.14 bits per heavy atom. The lowest BCUT2D eigenvalue weighted by Gasteiger charge is -2.11. The second-order valence-electron chi connectivity index (χ2n) is 4.99. The highest BCUT2D eigenvalue weighted by molar-refractivity contribution is 6.04. The van der Waals surface area contributed by atoms with Crippen LogP contribution in [0, 0.1) is 0 Å². The summed E-state index contributed by atoms with van der Waals surface area (Å²) in [5, 5.41) is 3.49. The maximum absolute atomic E-state index is 11.3. The molecular weight excluding hydrogens is 280 g/mol. The molecule has 22 heavy (non-hydrogen) atoms. The molecule has 0 saturated carbocycles. The maximum Gasteiger partial charge on any atom is 0.308 e. The number of carbonyl (C=O) groups is 2. The monoisotopic (exact) mass is 294 g/mol. The van der Waals surface area contributed by atoms with Gasteiger partial charge in [-0.25, -0.2) is 0 Å². The van der Waals surface area contributed by atoms with Crippen LogP contribution in [0.5, 0.6) is 11.5 Å². The molecule has 4 heteroatoms. The number of hydrogen-bond donors (Lipinski definition) is 0. The molecule has 0 bridgehead atoms. The lowest BCUT2D eigenvalue weighted by molar-refractivity contribution is -0.132. The first-order valence-corrected chi connectivity index (χ1v) is 6.87. The molecule has 0 spiro atoms. The van der Waals surface area contributed by atoms with Crippen molar-refractivity contribution in [3.05, 3.63) is 48.5 Å². The molecule has 3 aromatic rings. The Labute approximate surface area is 127 Å². The molecule has 0 aliphatic heterocycles. The third-order valence-electron chi connectivity index (χ3n) is 3.31. The van der Waals surface area contributed by atoms with Crippen molar-refractivity contribution < 1.29 is 19.1 Å². The van der Waals surface area contributed by atoms with Crippen LogP contribution in [0.4, 0.5) is 0 Å². The van der Waals surface area contributed by atoms with Crippen LogP contribution in [-0.4, -0.2) is 11.9 Å². The second-order valence-corrected chi connectivity index (χ2v) is 4.99. The molecule has 0 amide bonds. The van der Waals surface area contributed by atoms with Gasteiger partial charge in [0, 0.05) is 24.6 Å². The van der Waals surface area contributed by atoms with Crippen LogP contribution in [0.15, 0.2) is 48.5 Å². The summed E-state index contributed by atoms with van der Waals surface area (Å²) in [6.07, 6.45) is 0. The van der Waals surface area contributed by atoms with Crippen LogP contribution in [0.1, 0.15) is 13.8 Å². The third-order valence-corrected chi connectivity index (χ3v) is 3.31. The first kappa shape index (κ1) is 14.1. The van der Waals surface area contributed by atoms with Crippen molar-refractivity contribution in [1.82, 2.24) is 0 Å². The van der Waals surface area contributed by atoms with E-state index in [1.165, 1.54) is 13.8 Å². The number of rotatable bonds is 2. The molecule has 0 aromatic heterocycles. The summed E-state index contributed by atoms with van der Waals surface area (Å²) in [6, 6.07) is 15.0. The Morgan fingerprint density at radius 1 is 0.727 bits per heavy atom. The first-order chi connectivity index (χ1) is 10.5. The van der Waals surface area contributed by atoms with Gasteiger partial charge in [-0.05, 0) is 35.0 Å². The molecule has 0 heterocycles. The molecule has 0 atom stereocenters. The van der Waals surface area contributed by atoms with E-state index >= 15 is 0 Å². The van der Waals surface area contributed by atoms with Crippen molar-refractivity contribution in [3.63, 3.8) is 0 Å². The summed E-state index contributed by atoms with van der Waals surface area (Å²) in [7, 11) is 0. The predicted molar refractivity (Wildman–Crippen MR) is 84.1 cm³/mol. The largest absolute Gasteiger partial charge is 0.426 e. The molecule has 0 fully saturated rings. The predicted octanol–water partition coefficient (Wildman–Crippen LogP) is 3.84. The molecular formula is C18H14O4. The van der Waals surface area contributed by atoms with Gasteiger partial charge in [-0.2, -0.15) is 0 Å². The van der Waals surface area contributed by atoms with Crippen molar-refractivity contribution in [2.75, 3.05) is 0 Å².